The van der Waals surface area contributed by atoms with Crippen LogP contribution in [0, 0.1) is 0 Å². The minimum Gasteiger partial charge on any atom is -0.476 e. The van der Waals surface area contributed by atoms with Crippen LogP contribution < -0.4 is 5.32 Å². The number of carboxylic acids is 1. The monoisotopic (exact) mass is 271 g/mol. The highest BCUT2D eigenvalue weighted by atomic mass is 35.5. The lowest BCUT2D eigenvalue weighted by Gasteiger charge is -2.18. The molecule has 0 aliphatic carbocycles. The van der Waals surface area contributed by atoms with Crippen molar-refractivity contribution in [3.8, 4) is 0 Å². The highest BCUT2D eigenvalue weighted by molar-refractivity contribution is 5.87. The van der Waals surface area contributed by atoms with Crippen molar-refractivity contribution in [3.05, 3.63) is 17.2 Å². The lowest BCUT2D eigenvalue weighted by Crippen LogP contribution is -2.31. The van der Waals surface area contributed by atoms with Gasteiger partial charge in [-0.15, -0.1) is 12.4 Å². The van der Waals surface area contributed by atoms with E-state index in [1.807, 2.05) is 0 Å². The van der Waals surface area contributed by atoms with Gasteiger partial charge < -0.3 is 15.0 Å². The van der Waals surface area contributed by atoms with Crippen molar-refractivity contribution in [2.45, 2.75) is 19.3 Å². The van der Waals surface area contributed by atoms with E-state index in [1.54, 1.807) is 0 Å². The van der Waals surface area contributed by atoms with Gasteiger partial charge in [0.1, 0.15) is 0 Å². The van der Waals surface area contributed by atoms with Crippen LogP contribution in [-0.2, 0) is 19.3 Å². The number of imidazole rings is 1. The van der Waals surface area contributed by atoms with Crippen LogP contribution in [0.2, 0.25) is 0 Å². The topological polar surface area (TPSA) is 67.1 Å². The van der Waals surface area contributed by atoms with Gasteiger partial charge in [-0.05, 0) is 0 Å². The zero-order valence-corrected chi connectivity index (χ0v) is 9.23. The van der Waals surface area contributed by atoms with E-state index in [9.17, 15) is 18.0 Å². The molecule has 0 aromatic carbocycles. The fourth-order valence-electron chi connectivity index (χ4n) is 1.69. The zero-order valence-electron chi connectivity index (χ0n) is 8.41. The van der Waals surface area contributed by atoms with Crippen molar-refractivity contribution < 1.29 is 23.1 Å². The van der Waals surface area contributed by atoms with E-state index in [0.29, 0.717) is 6.54 Å². The lowest BCUT2D eigenvalue weighted by atomic mass is 10.3. The molecule has 9 heteroatoms. The third kappa shape index (κ3) is 2.37. The molecule has 2 rings (SSSR count). The number of nitrogens with one attached hydrogen (secondary N) is 1. The van der Waals surface area contributed by atoms with Crippen molar-refractivity contribution in [2.75, 3.05) is 6.54 Å². The molecule has 5 nitrogen and oxygen atoms in total. The number of alkyl halides is 3. The summed E-state index contributed by atoms with van der Waals surface area (Å²) in [6.07, 6.45) is -4.63. The Hall–Kier alpha value is -1.28. The quantitative estimate of drug-likeness (QED) is 0.803. The van der Waals surface area contributed by atoms with Gasteiger partial charge in [-0.1, -0.05) is 0 Å². The zero-order chi connectivity index (χ0) is 11.9. The van der Waals surface area contributed by atoms with Gasteiger partial charge in [0.25, 0.3) is 0 Å². The number of hydrogen-bond acceptors (Lipinski definition) is 3. The molecule has 17 heavy (non-hydrogen) atoms. The Morgan fingerprint density at radius 1 is 1.47 bits per heavy atom. The summed E-state index contributed by atoms with van der Waals surface area (Å²) in [7, 11) is 0. The summed E-state index contributed by atoms with van der Waals surface area (Å²) in [5.41, 5.74) is -0.453. The summed E-state index contributed by atoms with van der Waals surface area (Å²) < 4.78 is 38.6. The van der Waals surface area contributed by atoms with Crippen molar-refractivity contribution in [2.24, 2.45) is 0 Å². The first kappa shape index (κ1) is 13.8. The second kappa shape index (κ2) is 4.53. The number of carbonyl (C=O) groups is 1. The fraction of sp³-hybridized carbons (Fsp3) is 0.500. The molecule has 2 heterocycles. The predicted octanol–water partition coefficient (Wildman–Crippen LogP) is 1.13. The number of nitrogens with zero attached hydrogens (tertiary/aromatic N) is 2. The number of halogens is 4. The van der Waals surface area contributed by atoms with Crippen LogP contribution in [-0.4, -0.2) is 27.2 Å². The Bertz CT molecular complexity index is 444. The maximum atomic E-state index is 12.6. The third-order valence-electron chi connectivity index (χ3n) is 2.33. The van der Waals surface area contributed by atoms with E-state index >= 15 is 0 Å². The number of aromatic carboxylic acids is 1. The summed E-state index contributed by atoms with van der Waals surface area (Å²) in [4.78, 5) is 13.9. The molecule has 0 atom stereocenters. The maximum Gasteiger partial charge on any atom is 0.449 e. The van der Waals surface area contributed by atoms with Crippen LogP contribution in [0.3, 0.4) is 0 Å². The fourth-order valence-corrected chi connectivity index (χ4v) is 1.69. The van der Waals surface area contributed by atoms with Crippen LogP contribution in [0.25, 0.3) is 0 Å². The van der Waals surface area contributed by atoms with Gasteiger partial charge in [0.05, 0.1) is 5.69 Å². The van der Waals surface area contributed by atoms with Gasteiger partial charge >= 0.3 is 12.1 Å². The first-order valence-corrected chi connectivity index (χ1v) is 4.52. The molecule has 1 aliphatic heterocycles. The van der Waals surface area contributed by atoms with Gasteiger partial charge in [0.2, 0.25) is 5.82 Å². The van der Waals surface area contributed by atoms with Crippen molar-refractivity contribution in [3.63, 3.8) is 0 Å². The lowest BCUT2D eigenvalue weighted by molar-refractivity contribution is -0.147. The normalized spacial score (nSPS) is 15.0. The number of hydrogen-bond donors (Lipinski definition) is 2. The molecular formula is C8H9ClF3N3O2. The van der Waals surface area contributed by atoms with Crippen LogP contribution in [0.5, 0.6) is 0 Å². The molecule has 0 saturated carbocycles. The van der Waals surface area contributed by atoms with Crippen molar-refractivity contribution in [1.82, 2.24) is 14.9 Å². The Morgan fingerprint density at radius 3 is 2.65 bits per heavy atom. The standard InChI is InChI=1S/C8H8F3N3O2.ClH/c9-8(10,11)7-13-5(6(15)16)4-3-12-1-2-14(4)7;/h12H,1-3H2,(H,15,16);1H. The highest BCUT2D eigenvalue weighted by Gasteiger charge is 2.40. The number of carboxylic acid groups (broad SMARTS) is 1. The Labute approximate surface area is 100 Å². The van der Waals surface area contributed by atoms with Crippen LogP contribution >= 0.6 is 12.4 Å². The number of aromatic nitrogens is 2. The predicted molar refractivity (Wildman–Crippen MR) is 53.1 cm³/mol. The van der Waals surface area contributed by atoms with Gasteiger partial charge in [-0.3, -0.25) is 0 Å². The smallest absolute Gasteiger partial charge is 0.449 e. The second-order valence-electron chi connectivity index (χ2n) is 3.36. The summed E-state index contributed by atoms with van der Waals surface area (Å²) >= 11 is 0. The number of fused-ring (bicyclic) bond motifs is 1. The minimum absolute atomic E-state index is 0. The van der Waals surface area contributed by atoms with E-state index in [2.05, 4.69) is 10.3 Å². The summed E-state index contributed by atoms with van der Waals surface area (Å²) in [5.74, 6) is -2.58. The van der Waals surface area contributed by atoms with Gasteiger partial charge in [0, 0.05) is 19.6 Å². The van der Waals surface area contributed by atoms with Crippen LogP contribution in [0.4, 0.5) is 13.2 Å². The molecular weight excluding hydrogens is 263 g/mol. The van der Waals surface area contributed by atoms with Crippen LogP contribution in [0.1, 0.15) is 22.0 Å². The van der Waals surface area contributed by atoms with Gasteiger partial charge in [-0.2, -0.15) is 13.2 Å². The van der Waals surface area contributed by atoms with E-state index in [-0.39, 0.29) is 31.2 Å². The Kier molecular flexibility index (Phi) is 3.68. The molecule has 0 saturated heterocycles. The minimum atomic E-state index is -4.63. The van der Waals surface area contributed by atoms with Crippen molar-refractivity contribution in [1.29, 1.82) is 0 Å². The first-order valence-electron chi connectivity index (χ1n) is 4.52. The molecule has 96 valence electrons. The summed E-state index contributed by atoms with van der Waals surface area (Å²) in [6.45, 7) is 0.528. The molecule has 1 aliphatic rings. The summed E-state index contributed by atoms with van der Waals surface area (Å²) in [5, 5.41) is 11.6. The maximum absolute atomic E-state index is 12.6. The van der Waals surface area contributed by atoms with Crippen LogP contribution in [0.15, 0.2) is 0 Å². The summed E-state index contributed by atoms with van der Waals surface area (Å²) in [6, 6.07) is 0. The van der Waals surface area contributed by atoms with Gasteiger partial charge in [-0.25, -0.2) is 9.78 Å². The Balaban J connectivity index is 0.00000144. The molecule has 0 fully saturated rings. The van der Waals surface area contributed by atoms with Gasteiger partial charge in [0.15, 0.2) is 5.69 Å². The van der Waals surface area contributed by atoms with E-state index in [1.165, 1.54) is 0 Å². The Morgan fingerprint density at radius 2 is 2.12 bits per heavy atom. The molecule has 2 N–H and O–H groups in total. The number of rotatable bonds is 1. The van der Waals surface area contributed by atoms with E-state index < -0.39 is 23.7 Å². The SMILES string of the molecule is Cl.O=C(O)c1nc(C(F)(F)F)n2c1CNCC2. The molecule has 0 spiro atoms. The van der Waals surface area contributed by atoms with Crippen molar-refractivity contribution >= 4 is 18.4 Å². The molecule has 0 amide bonds. The highest BCUT2D eigenvalue weighted by Crippen LogP contribution is 2.31. The van der Waals surface area contributed by atoms with E-state index in [4.69, 9.17) is 5.11 Å². The molecule has 0 unspecified atom stereocenters. The molecule has 1 aromatic heterocycles. The second-order valence-corrected chi connectivity index (χ2v) is 3.36. The largest absolute Gasteiger partial charge is 0.476 e. The molecule has 1 aromatic rings. The average Bonchev–Trinajstić information content (AvgIpc) is 2.56. The third-order valence-corrected chi connectivity index (χ3v) is 2.33. The molecule has 0 radical (unpaired) electrons. The first-order chi connectivity index (χ1) is 7.41. The molecule has 0 bridgehead atoms. The van der Waals surface area contributed by atoms with E-state index in [0.717, 1.165) is 4.57 Å². The average molecular weight is 272 g/mol.